The largest absolute Gasteiger partial charge is 0.350 e. The van der Waals surface area contributed by atoms with Gasteiger partial charge in [0.05, 0.1) is 0 Å². The van der Waals surface area contributed by atoms with Gasteiger partial charge in [-0.15, -0.1) is 0 Å². The maximum Gasteiger partial charge on any atom is 0.279 e. The average molecular weight is 403 g/mol. The molecule has 0 radical (unpaired) electrons. The summed E-state index contributed by atoms with van der Waals surface area (Å²) in [7, 11) is 0. The Morgan fingerprint density at radius 1 is 1.14 bits per heavy atom. The van der Waals surface area contributed by atoms with E-state index in [9.17, 15) is 18.4 Å². The first-order chi connectivity index (χ1) is 14.0. The molecule has 1 fully saturated rings. The van der Waals surface area contributed by atoms with Crippen molar-refractivity contribution >= 4 is 22.8 Å². The summed E-state index contributed by atoms with van der Waals surface area (Å²) in [6.07, 6.45) is -1.22. The van der Waals surface area contributed by atoms with Gasteiger partial charge in [-0.05, 0) is 43.0 Å². The predicted molar refractivity (Wildman–Crippen MR) is 98.4 cm³/mol. The van der Waals surface area contributed by atoms with E-state index in [4.69, 9.17) is 0 Å². The van der Waals surface area contributed by atoms with E-state index in [1.165, 1.54) is 0 Å². The molecule has 3 aromatic rings. The molecular formula is C18H19F2N7O2. The molecule has 0 spiro atoms. The number of hydrogen-bond acceptors (Lipinski definition) is 5. The van der Waals surface area contributed by atoms with Gasteiger partial charge >= 0.3 is 0 Å². The van der Waals surface area contributed by atoms with Crippen molar-refractivity contribution in [2.24, 2.45) is 5.92 Å². The van der Waals surface area contributed by atoms with Crippen molar-refractivity contribution in [2.75, 3.05) is 19.6 Å². The lowest BCUT2D eigenvalue weighted by Gasteiger charge is -2.32. The van der Waals surface area contributed by atoms with E-state index in [-0.39, 0.29) is 23.2 Å². The fourth-order valence-electron chi connectivity index (χ4n) is 3.39. The molecule has 152 valence electrons. The molecule has 3 N–H and O–H groups in total. The predicted octanol–water partition coefficient (Wildman–Crippen LogP) is 1.90. The lowest BCUT2D eigenvalue weighted by atomic mass is 9.96. The third-order valence-corrected chi connectivity index (χ3v) is 5.08. The van der Waals surface area contributed by atoms with Crippen LogP contribution >= 0.6 is 0 Å². The summed E-state index contributed by atoms with van der Waals surface area (Å²) in [6.45, 7) is 1.56. The highest BCUT2D eigenvalue weighted by molar-refractivity contribution is 5.97. The van der Waals surface area contributed by atoms with E-state index >= 15 is 0 Å². The highest BCUT2D eigenvalue weighted by atomic mass is 19.3. The van der Waals surface area contributed by atoms with Crippen molar-refractivity contribution in [2.45, 2.75) is 19.3 Å². The van der Waals surface area contributed by atoms with Crippen LogP contribution < -0.4 is 5.32 Å². The molecule has 2 amide bonds. The number of alkyl halides is 2. The van der Waals surface area contributed by atoms with Crippen LogP contribution in [0.2, 0.25) is 0 Å². The van der Waals surface area contributed by atoms with E-state index in [0.29, 0.717) is 36.2 Å². The molecule has 0 saturated carbocycles. The van der Waals surface area contributed by atoms with Gasteiger partial charge in [-0.3, -0.25) is 14.7 Å². The fraction of sp³-hybridized carbons (Fsp3) is 0.389. The highest BCUT2D eigenvalue weighted by Gasteiger charge is 2.25. The first-order valence-electron chi connectivity index (χ1n) is 9.22. The molecule has 3 heterocycles. The molecule has 4 rings (SSSR count). The number of benzene rings is 1. The number of nitrogens with zero attached hydrogens (tertiary/aromatic N) is 4. The SMILES string of the molecule is O=C(NCC1CCN(C(=O)c2ccc3n[nH]nc3c2)CC1)c1cc(C(F)F)[nH]n1. The molecule has 1 aliphatic heterocycles. The second-order valence-corrected chi connectivity index (χ2v) is 6.98. The number of H-pyrrole nitrogens is 2. The maximum atomic E-state index is 12.7. The van der Waals surface area contributed by atoms with Crippen molar-refractivity contribution in [3.63, 3.8) is 0 Å². The lowest BCUT2D eigenvalue weighted by molar-refractivity contribution is 0.0684. The number of fused-ring (bicyclic) bond motifs is 1. The number of amides is 2. The van der Waals surface area contributed by atoms with Crippen LogP contribution in [0.1, 0.15) is 45.8 Å². The van der Waals surface area contributed by atoms with Crippen molar-refractivity contribution in [1.29, 1.82) is 0 Å². The average Bonchev–Trinajstić information content (AvgIpc) is 3.41. The first kappa shape index (κ1) is 19.0. The quantitative estimate of drug-likeness (QED) is 0.601. The smallest absolute Gasteiger partial charge is 0.279 e. The Kier molecular flexibility index (Phi) is 5.19. The van der Waals surface area contributed by atoms with Crippen LogP contribution in [0.4, 0.5) is 8.78 Å². The topological polar surface area (TPSA) is 120 Å². The van der Waals surface area contributed by atoms with Gasteiger partial charge in [0.1, 0.15) is 22.4 Å². The molecule has 1 aromatic carbocycles. The molecule has 11 heteroatoms. The van der Waals surface area contributed by atoms with Crippen molar-refractivity contribution in [3.05, 3.63) is 41.2 Å². The molecule has 9 nitrogen and oxygen atoms in total. The molecule has 0 atom stereocenters. The van der Waals surface area contributed by atoms with Crippen LogP contribution in [0.3, 0.4) is 0 Å². The molecule has 2 aromatic heterocycles. The van der Waals surface area contributed by atoms with Crippen molar-refractivity contribution < 1.29 is 18.4 Å². The third kappa shape index (κ3) is 4.08. The van der Waals surface area contributed by atoms with Crippen molar-refractivity contribution in [3.8, 4) is 0 Å². The summed E-state index contributed by atoms with van der Waals surface area (Å²) in [5, 5.41) is 19.0. The summed E-state index contributed by atoms with van der Waals surface area (Å²) < 4.78 is 25.1. The number of nitrogens with one attached hydrogen (secondary N) is 3. The molecule has 0 bridgehead atoms. The van der Waals surface area contributed by atoms with Crippen LogP contribution in [0, 0.1) is 5.92 Å². The number of aromatic amines is 2. The Morgan fingerprint density at radius 3 is 2.62 bits per heavy atom. The first-order valence-corrected chi connectivity index (χ1v) is 9.22. The van der Waals surface area contributed by atoms with E-state index < -0.39 is 12.3 Å². The van der Waals surface area contributed by atoms with Crippen LogP contribution in [0.25, 0.3) is 11.0 Å². The monoisotopic (exact) mass is 403 g/mol. The van der Waals surface area contributed by atoms with Gasteiger partial charge in [0, 0.05) is 25.2 Å². The Hall–Kier alpha value is -3.37. The van der Waals surface area contributed by atoms with E-state index in [2.05, 4.69) is 30.9 Å². The van der Waals surface area contributed by atoms with Gasteiger partial charge in [-0.1, -0.05) is 0 Å². The summed E-state index contributed by atoms with van der Waals surface area (Å²) in [5.41, 5.74) is 1.46. The standard InChI is InChI=1S/C18H19F2N7O2/c19-16(20)14-8-15(23-22-14)17(28)21-9-10-3-5-27(6-4-10)18(29)11-1-2-12-13(7-11)25-26-24-12/h1-2,7-8,10,16H,3-6,9H2,(H,21,28)(H,22,23)(H,24,25,26). The number of rotatable bonds is 5. The second kappa shape index (κ2) is 7.94. The highest BCUT2D eigenvalue weighted by Crippen LogP contribution is 2.20. The van der Waals surface area contributed by atoms with Gasteiger partial charge in [-0.25, -0.2) is 8.78 Å². The number of likely N-dealkylation sites (tertiary alicyclic amines) is 1. The van der Waals surface area contributed by atoms with Gasteiger partial charge in [0.15, 0.2) is 0 Å². The van der Waals surface area contributed by atoms with Crippen LogP contribution in [0.5, 0.6) is 0 Å². The van der Waals surface area contributed by atoms with E-state index in [1.807, 2.05) is 0 Å². The Balaban J connectivity index is 1.27. The summed E-state index contributed by atoms with van der Waals surface area (Å²) >= 11 is 0. The normalized spacial score (nSPS) is 15.2. The minimum Gasteiger partial charge on any atom is -0.350 e. The molecule has 0 unspecified atom stereocenters. The Morgan fingerprint density at radius 2 is 1.90 bits per heavy atom. The molecule has 29 heavy (non-hydrogen) atoms. The number of hydrogen-bond donors (Lipinski definition) is 3. The van der Waals surface area contributed by atoms with E-state index in [0.717, 1.165) is 18.9 Å². The molecule has 0 aliphatic carbocycles. The van der Waals surface area contributed by atoms with E-state index in [1.54, 1.807) is 23.1 Å². The van der Waals surface area contributed by atoms with Crippen LogP contribution in [-0.4, -0.2) is 62.0 Å². The number of carbonyl (C=O) groups is 2. The van der Waals surface area contributed by atoms with Gasteiger partial charge < -0.3 is 10.2 Å². The molecular weight excluding hydrogens is 384 g/mol. The maximum absolute atomic E-state index is 12.7. The summed E-state index contributed by atoms with van der Waals surface area (Å²) in [4.78, 5) is 26.5. The van der Waals surface area contributed by atoms with Gasteiger partial charge in [0.2, 0.25) is 0 Å². The number of piperidine rings is 1. The Bertz CT molecular complexity index is 1020. The van der Waals surface area contributed by atoms with Crippen LogP contribution in [-0.2, 0) is 0 Å². The fourth-order valence-corrected chi connectivity index (χ4v) is 3.39. The number of carbonyl (C=O) groups excluding carboxylic acids is 2. The van der Waals surface area contributed by atoms with Crippen molar-refractivity contribution in [1.82, 2.24) is 35.8 Å². The second-order valence-electron chi connectivity index (χ2n) is 6.98. The van der Waals surface area contributed by atoms with Crippen LogP contribution in [0.15, 0.2) is 24.3 Å². The number of halogens is 2. The third-order valence-electron chi connectivity index (χ3n) is 5.08. The summed E-state index contributed by atoms with van der Waals surface area (Å²) in [6, 6.07) is 6.25. The minimum atomic E-state index is -2.70. The minimum absolute atomic E-state index is 0.0591. The number of aromatic nitrogens is 5. The van der Waals surface area contributed by atoms with Gasteiger partial charge in [-0.2, -0.15) is 20.5 Å². The Labute approximate surface area is 163 Å². The summed E-state index contributed by atoms with van der Waals surface area (Å²) in [5.74, 6) is -0.351. The zero-order valence-corrected chi connectivity index (χ0v) is 15.4. The van der Waals surface area contributed by atoms with Gasteiger partial charge in [0.25, 0.3) is 18.2 Å². The zero-order chi connectivity index (χ0) is 20.4. The molecule has 1 aliphatic rings. The zero-order valence-electron chi connectivity index (χ0n) is 15.4. The lowest BCUT2D eigenvalue weighted by Crippen LogP contribution is -2.41. The molecule has 1 saturated heterocycles.